The van der Waals surface area contributed by atoms with Gasteiger partial charge >= 0.3 is 0 Å². The van der Waals surface area contributed by atoms with E-state index in [4.69, 9.17) is 20.9 Å². The second-order valence-electron chi connectivity index (χ2n) is 5.78. The van der Waals surface area contributed by atoms with Crippen molar-refractivity contribution >= 4 is 28.4 Å². The molecule has 0 bridgehead atoms. The minimum absolute atomic E-state index is 0.226. The quantitative estimate of drug-likeness (QED) is 0.625. The maximum Gasteiger partial charge on any atom is 0.248 e. The summed E-state index contributed by atoms with van der Waals surface area (Å²) in [6, 6.07) is 7.26. The molecule has 3 aromatic rings. The fourth-order valence-corrected chi connectivity index (χ4v) is 2.59. The molecular weight excluding hydrogens is 346 g/mol. The first-order valence-electron chi connectivity index (χ1n) is 7.74. The summed E-state index contributed by atoms with van der Waals surface area (Å²) in [5.74, 6) is 0.703. The van der Waals surface area contributed by atoms with Gasteiger partial charge in [-0.15, -0.1) is 0 Å². The van der Waals surface area contributed by atoms with Crippen LogP contribution in [0.2, 0.25) is 5.02 Å². The monoisotopic (exact) mass is 363 g/mol. The van der Waals surface area contributed by atoms with Crippen LogP contribution in [0.4, 0.5) is 0 Å². The summed E-state index contributed by atoms with van der Waals surface area (Å²) in [7, 11) is 0. The molecule has 0 spiro atoms. The zero-order valence-electron chi connectivity index (χ0n) is 13.8. The molecule has 0 aliphatic rings. The molecule has 0 radical (unpaired) electrons. The number of carbonyl (C=O) groups is 1. The Labute approximate surface area is 148 Å². The molecule has 132 valence electrons. The second kappa shape index (κ2) is 7.16. The lowest BCUT2D eigenvalue weighted by molar-refractivity contribution is -0.128. The molecule has 1 aromatic carbocycles. The predicted molar refractivity (Wildman–Crippen MR) is 92.4 cm³/mol. The minimum atomic E-state index is -1.04. The number of nitrogens with zero attached hydrogens (tertiary/aromatic N) is 1. The predicted octanol–water partition coefficient (Wildman–Crippen LogP) is 2.69. The number of nitrogens with one attached hydrogen (secondary N) is 2. The van der Waals surface area contributed by atoms with Crippen LogP contribution in [0.15, 0.2) is 28.8 Å². The molecule has 0 fully saturated rings. The molecule has 8 heteroatoms. The normalized spacial score (nSPS) is 12.3. The Balaban J connectivity index is 1.72. The molecule has 2 aromatic heterocycles. The van der Waals surface area contributed by atoms with E-state index in [0.717, 1.165) is 22.3 Å². The minimum Gasteiger partial charge on any atom is -0.484 e. The lowest BCUT2D eigenvalue weighted by atomic mass is 10.2. The molecule has 3 N–H and O–H groups in total. The summed E-state index contributed by atoms with van der Waals surface area (Å²) >= 11 is 6.27. The van der Waals surface area contributed by atoms with Crippen molar-refractivity contribution in [2.45, 2.75) is 33.1 Å². The van der Waals surface area contributed by atoms with Crippen molar-refractivity contribution in [2.24, 2.45) is 0 Å². The number of amides is 1. The maximum atomic E-state index is 11.4. The van der Waals surface area contributed by atoms with Gasteiger partial charge < -0.3 is 24.7 Å². The van der Waals surface area contributed by atoms with Crippen molar-refractivity contribution in [1.82, 2.24) is 15.5 Å². The average Bonchev–Trinajstić information content (AvgIpc) is 3.15. The Kier molecular flexibility index (Phi) is 4.96. The van der Waals surface area contributed by atoms with E-state index in [-0.39, 0.29) is 13.2 Å². The number of hydrogen-bond acceptors (Lipinski definition) is 5. The van der Waals surface area contributed by atoms with Gasteiger partial charge in [-0.25, -0.2) is 0 Å². The molecule has 1 unspecified atom stereocenters. The Morgan fingerprint density at radius 2 is 2.24 bits per heavy atom. The topological polar surface area (TPSA) is 100 Å². The van der Waals surface area contributed by atoms with Gasteiger partial charge in [0.1, 0.15) is 18.5 Å². The Bertz CT molecular complexity index is 901. The number of aliphatic hydroxyl groups is 1. The molecule has 0 saturated carbocycles. The first-order valence-corrected chi connectivity index (χ1v) is 8.12. The number of aliphatic hydroxyl groups excluding tert-OH is 1. The molecule has 7 nitrogen and oxygen atoms in total. The van der Waals surface area contributed by atoms with Crippen molar-refractivity contribution in [3.05, 3.63) is 46.4 Å². The maximum absolute atomic E-state index is 11.4. The van der Waals surface area contributed by atoms with Crippen LogP contribution in [0.3, 0.4) is 0 Å². The van der Waals surface area contributed by atoms with Crippen LogP contribution in [-0.2, 0) is 17.9 Å². The smallest absolute Gasteiger partial charge is 0.248 e. The van der Waals surface area contributed by atoms with E-state index in [0.29, 0.717) is 16.5 Å². The third-order valence-corrected chi connectivity index (χ3v) is 3.90. The molecule has 2 heterocycles. The molecule has 3 rings (SSSR count). The van der Waals surface area contributed by atoms with Gasteiger partial charge in [0.2, 0.25) is 5.91 Å². The lowest BCUT2D eigenvalue weighted by Gasteiger charge is -2.06. The molecule has 1 amide bonds. The summed E-state index contributed by atoms with van der Waals surface area (Å²) in [6.45, 7) is 3.76. The summed E-state index contributed by atoms with van der Waals surface area (Å²) in [5.41, 5.74) is 2.41. The van der Waals surface area contributed by atoms with E-state index in [1.54, 1.807) is 18.2 Å². The van der Waals surface area contributed by atoms with Gasteiger partial charge in [0, 0.05) is 28.7 Å². The zero-order valence-corrected chi connectivity index (χ0v) is 14.6. The van der Waals surface area contributed by atoms with Gasteiger partial charge in [-0.2, -0.15) is 0 Å². The van der Waals surface area contributed by atoms with Crippen molar-refractivity contribution in [1.29, 1.82) is 0 Å². The number of halogens is 1. The Morgan fingerprint density at radius 3 is 2.92 bits per heavy atom. The summed E-state index contributed by atoms with van der Waals surface area (Å²) in [6.07, 6.45) is -1.04. The van der Waals surface area contributed by atoms with Crippen LogP contribution in [0.1, 0.15) is 24.1 Å². The number of carbonyl (C=O) groups excluding carboxylic acids is 1. The number of H-pyrrole nitrogens is 1. The molecule has 25 heavy (non-hydrogen) atoms. The standard InChI is InChI=1S/C17H18ClN3O4/c1-9-3-13(25-21-9)8-24-16-6-15-11(5-14(16)18)4-12(20-15)7-19-17(23)10(2)22/h3-6,10,20,22H,7-8H2,1-2H3,(H,19,23). The van der Waals surface area contributed by atoms with E-state index < -0.39 is 12.0 Å². The molecule has 0 aliphatic carbocycles. The third-order valence-electron chi connectivity index (χ3n) is 3.61. The van der Waals surface area contributed by atoms with Crippen LogP contribution >= 0.6 is 11.6 Å². The van der Waals surface area contributed by atoms with E-state index in [1.807, 2.05) is 13.0 Å². The van der Waals surface area contributed by atoms with Gasteiger partial charge in [-0.3, -0.25) is 4.79 Å². The summed E-state index contributed by atoms with van der Waals surface area (Å²) < 4.78 is 10.8. The lowest BCUT2D eigenvalue weighted by Crippen LogP contribution is -2.32. The number of fused-ring (bicyclic) bond motifs is 1. The second-order valence-corrected chi connectivity index (χ2v) is 6.19. The highest BCUT2D eigenvalue weighted by atomic mass is 35.5. The average molecular weight is 364 g/mol. The van der Waals surface area contributed by atoms with Crippen molar-refractivity contribution in [2.75, 3.05) is 0 Å². The van der Waals surface area contributed by atoms with Crippen LogP contribution < -0.4 is 10.1 Å². The fraction of sp³-hybridized carbons (Fsp3) is 0.294. The van der Waals surface area contributed by atoms with E-state index >= 15 is 0 Å². The van der Waals surface area contributed by atoms with Gasteiger partial charge in [0.25, 0.3) is 0 Å². The van der Waals surface area contributed by atoms with Crippen LogP contribution in [0, 0.1) is 6.92 Å². The van der Waals surface area contributed by atoms with Gasteiger partial charge in [0.05, 0.1) is 17.3 Å². The number of rotatable bonds is 6. The van der Waals surface area contributed by atoms with Crippen molar-refractivity contribution < 1.29 is 19.2 Å². The number of benzene rings is 1. The number of aromatic amines is 1. The number of hydrogen-bond donors (Lipinski definition) is 3. The largest absolute Gasteiger partial charge is 0.484 e. The molecule has 0 saturated heterocycles. The SMILES string of the molecule is Cc1cc(COc2cc3[nH]c(CNC(=O)C(C)O)cc3cc2Cl)on1. The van der Waals surface area contributed by atoms with Gasteiger partial charge in [-0.05, 0) is 26.0 Å². The van der Waals surface area contributed by atoms with Crippen LogP contribution in [0.5, 0.6) is 5.75 Å². The van der Waals surface area contributed by atoms with E-state index in [9.17, 15) is 9.90 Å². The number of aromatic nitrogens is 2. The van der Waals surface area contributed by atoms with Gasteiger partial charge in [0.15, 0.2) is 5.76 Å². The first-order chi connectivity index (χ1) is 11.9. The van der Waals surface area contributed by atoms with Crippen molar-refractivity contribution in [3.8, 4) is 5.75 Å². The zero-order chi connectivity index (χ0) is 18.0. The number of aryl methyl sites for hydroxylation is 1. The first kappa shape index (κ1) is 17.3. The highest BCUT2D eigenvalue weighted by molar-refractivity contribution is 6.32. The Morgan fingerprint density at radius 1 is 1.44 bits per heavy atom. The summed E-state index contributed by atoms with van der Waals surface area (Å²) in [5, 5.41) is 17.0. The number of ether oxygens (including phenoxy) is 1. The highest BCUT2D eigenvalue weighted by Gasteiger charge is 2.11. The molecule has 0 aliphatic heterocycles. The Hall–Kier alpha value is -2.51. The third kappa shape index (κ3) is 4.12. The van der Waals surface area contributed by atoms with Crippen molar-refractivity contribution in [3.63, 3.8) is 0 Å². The summed E-state index contributed by atoms with van der Waals surface area (Å²) in [4.78, 5) is 14.6. The molecular formula is C17H18ClN3O4. The van der Waals surface area contributed by atoms with Crippen LogP contribution in [0.25, 0.3) is 10.9 Å². The van der Waals surface area contributed by atoms with E-state index in [1.165, 1.54) is 6.92 Å². The van der Waals surface area contributed by atoms with Gasteiger partial charge in [-0.1, -0.05) is 16.8 Å². The fourth-order valence-electron chi connectivity index (χ4n) is 2.36. The van der Waals surface area contributed by atoms with E-state index in [2.05, 4.69) is 15.5 Å². The molecule has 1 atom stereocenters. The highest BCUT2D eigenvalue weighted by Crippen LogP contribution is 2.31. The van der Waals surface area contributed by atoms with Crippen LogP contribution in [-0.4, -0.2) is 27.3 Å².